The number of aryl methyl sites for hydroxylation is 1. The van der Waals surface area contributed by atoms with Crippen LogP contribution in [0.2, 0.25) is 0 Å². The van der Waals surface area contributed by atoms with Gasteiger partial charge in [-0.15, -0.1) is 11.3 Å². The number of aromatic nitrogens is 1. The van der Waals surface area contributed by atoms with Crippen LogP contribution in [0.3, 0.4) is 0 Å². The summed E-state index contributed by atoms with van der Waals surface area (Å²) in [6.45, 7) is 1.73. The fourth-order valence-electron chi connectivity index (χ4n) is 2.16. The van der Waals surface area contributed by atoms with Crippen LogP contribution in [0.25, 0.3) is 0 Å². The molecule has 142 valence electrons. The smallest absolute Gasteiger partial charge is 0.367 e. The normalized spacial score (nSPS) is 12.3. The van der Waals surface area contributed by atoms with Gasteiger partial charge in [-0.3, -0.25) is 4.99 Å². The molecule has 0 saturated carbocycles. The number of alkyl halides is 3. The van der Waals surface area contributed by atoms with Gasteiger partial charge >= 0.3 is 6.18 Å². The van der Waals surface area contributed by atoms with E-state index in [1.165, 1.54) is 0 Å². The number of halogens is 3. The Bertz CT molecular complexity index is 731. The first-order chi connectivity index (χ1) is 12.4. The summed E-state index contributed by atoms with van der Waals surface area (Å²) in [6.07, 6.45) is -2.49. The molecule has 0 amide bonds. The van der Waals surface area contributed by atoms with Crippen molar-refractivity contribution in [3.05, 3.63) is 51.5 Å². The highest BCUT2D eigenvalue weighted by Crippen LogP contribution is 2.16. The maximum absolute atomic E-state index is 12.1. The Balaban J connectivity index is 1.80. The highest BCUT2D eigenvalue weighted by Gasteiger charge is 2.27. The number of nitrogens with zero attached hydrogens (tertiary/aromatic N) is 2. The van der Waals surface area contributed by atoms with Gasteiger partial charge in [0.15, 0.2) is 5.96 Å². The van der Waals surface area contributed by atoms with Gasteiger partial charge in [0.1, 0.15) is 11.6 Å². The lowest BCUT2D eigenvalue weighted by atomic mass is 10.1. The minimum absolute atomic E-state index is 0.0796. The molecule has 1 aromatic carbocycles. The topological polar surface area (TPSA) is 58.5 Å². The predicted molar refractivity (Wildman–Crippen MR) is 96.0 cm³/mol. The average Bonchev–Trinajstić information content (AvgIpc) is 3.00. The molecule has 2 rings (SSSR count). The first kappa shape index (κ1) is 20.2. The quantitative estimate of drug-likeness (QED) is 0.566. The van der Waals surface area contributed by atoms with E-state index in [4.69, 9.17) is 0 Å². The molecule has 5 nitrogen and oxygen atoms in total. The minimum atomic E-state index is -4.31. The zero-order valence-corrected chi connectivity index (χ0v) is 15.4. The van der Waals surface area contributed by atoms with E-state index in [9.17, 15) is 13.2 Å². The molecule has 0 atom stereocenters. The monoisotopic (exact) mass is 386 g/mol. The number of thiazole rings is 1. The van der Waals surface area contributed by atoms with Gasteiger partial charge in [-0.05, 0) is 18.1 Å². The Morgan fingerprint density at radius 2 is 1.96 bits per heavy atom. The van der Waals surface area contributed by atoms with Crippen molar-refractivity contribution in [2.24, 2.45) is 4.99 Å². The van der Waals surface area contributed by atoms with Crippen LogP contribution in [0.15, 0.2) is 35.5 Å². The Morgan fingerprint density at radius 3 is 2.62 bits per heavy atom. The van der Waals surface area contributed by atoms with E-state index in [2.05, 4.69) is 25.3 Å². The van der Waals surface area contributed by atoms with Gasteiger partial charge in [0.25, 0.3) is 0 Å². The van der Waals surface area contributed by atoms with Crippen molar-refractivity contribution >= 4 is 17.3 Å². The van der Waals surface area contributed by atoms with Crippen LogP contribution in [0.4, 0.5) is 13.2 Å². The van der Waals surface area contributed by atoms with Gasteiger partial charge in [0.2, 0.25) is 0 Å². The second-order valence-corrected chi connectivity index (χ2v) is 6.89. The molecule has 1 heterocycles. The van der Waals surface area contributed by atoms with E-state index in [-0.39, 0.29) is 6.61 Å². The third kappa shape index (κ3) is 7.40. The molecule has 0 aliphatic carbocycles. The number of aliphatic imine (C=N–C) groups is 1. The number of guanidine groups is 1. The highest BCUT2D eigenvalue weighted by atomic mass is 32.1. The second kappa shape index (κ2) is 9.54. The maximum Gasteiger partial charge on any atom is 0.411 e. The fraction of sp³-hybridized carbons (Fsp3) is 0.412. The van der Waals surface area contributed by atoms with E-state index in [1.807, 2.05) is 19.2 Å². The highest BCUT2D eigenvalue weighted by molar-refractivity contribution is 7.11. The van der Waals surface area contributed by atoms with Crippen LogP contribution in [0.5, 0.6) is 0 Å². The molecular weight excluding hydrogens is 365 g/mol. The molecule has 0 unspecified atom stereocenters. The Hall–Kier alpha value is -2.13. The zero-order valence-electron chi connectivity index (χ0n) is 14.6. The van der Waals surface area contributed by atoms with Crippen molar-refractivity contribution in [1.82, 2.24) is 15.6 Å². The van der Waals surface area contributed by atoms with Crippen molar-refractivity contribution in [2.45, 2.75) is 32.8 Å². The van der Waals surface area contributed by atoms with Crippen LogP contribution in [0.1, 0.15) is 21.0 Å². The molecule has 2 N–H and O–H groups in total. The van der Waals surface area contributed by atoms with Gasteiger partial charge in [0.05, 0.1) is 13.2 Å². The summed E-state index contributed by atoms with van der Waals surface area (Å²) in [5, 5.41) is 7.30. The predicted octanol–water partition coefficient (Wildman–Crippen LogP) is 3.40. The van der Waals surface area contributed by atoms with Crippen molar-refractivity contribution in [3.8, 4) is 0 Å². The van der Waals surface area contributed by atoms with Crippen LogP contribution < -0.4 is 10.6 Å². The summed E-state index contributed by atoms with van der Waals surface area (Å²) in [5.74, 6) is 0.622. The van der Waals surface area contributed by atoms with Gasteiger partial charge in [-0.1, -0.05) is 24.3 Å². The van der Waals surface area contributed by atoms with E-state index in [0.717, 1.165) is 15.4 Å². The zero-order chi connectivity index (χ0) is 19.0. The number of rotatable bonds is 7. The summed E-state index contributed by atoms with van der Waals surface area (Å²) in [5.41, 5.74) is 1.61. The van der Waals surface area contributed by atoms with Crippen LogP contribution in [-0.2, 0) is 24.4 Å². The van der Waals surface area contributed by atoms with Gasteiger partial charge in [-0.2, -0.15) is 13.2 Å². The average molecular weight is 386 g/mol. The molecule has 0 bridgehead atoms. The van der Waals surface area contributed by atoms with Gasteiger partial charge in [0, 0.05) is 24.7 Å². The standard InChI is InChI=1S/C17H21F3N4OS/c1-12-7-22-15(26-12)9-24-16(21-2)23-8-13-4-3-5-14(6-13)10-25-11-17(18,19)20/h3-7H,8-11H2,1-2H3,(H2,21,23,24). The van der Waals surface area contributed by atoms with E-state index in [0.29, 0.717) is 24.6 Å². The van der Waals surface area contributed by atoms with Crippen LogP contribution in [-0.4, -0.2) is 30.8 Å². The van der Waals surface area contributed by atoms with Crippen molar-refractivity contribution in [3.63, 3.8) is 0 Å². The van der Waals surface area contributed by atoms with E-state index < -0.39 is 12.8 Å². The summed E-state index contributed by atoms with van der Waals surface area (Å²) in [7, 11) is 1.67. The number of ether oxygens (including phenoxy) is 1. The third-order valence-electron chi connectivity index (χ3n) is 3.29. The van der Waals surface area contributed by atoms with Crippen LogP contribution >= 0.6 is 11.3 Å². The minimum Gasteiger partial charge on any atom is -0.367 e. The summed E-state index contributed by atoms with van der Waals surface area (Å²) < 4.78 is 41.1. The molecule has 0 aliphatic rings. The van der Waals surface area contributed by atoms with Crippen molar-refractivity contribution in [1.29, 1.82) is 0 Å². The van der Waals surface area contributed by atoms with Crippen molar-refractivity contribution in [2.75, 3.05) is 13.7 Å². The van der Waals surface area contributed by atoms with E-state index >= 15 is 0 Å². The van der Waals surface area contributed by atoms with Crippen LogP contribution in [0, 0.1) is 6.92 Å². The lowest BCUT2D eigenvalue weighted by molar-refractivity contribution is -0.176. The molecule has 0 fully saturated rings. The Kier molecular flexibility index (Phi) is 7.40. The first-order valence-corrected chi connectivity index (χ1v) is 8.75. The summed E-state index contributed by atoms with van der Waals surface area (Å²) >= 11 is 1.62. The number of benzene rings is 1. The van der Waals surface area contributed by atoms with Crippen molar-refractivity contribution < 1.29 is 17.9 Å². The lowest BCUT2D eigenvalue weighted by Crippen LogP contribution is -2.36. The summed E-state index contributed by atoms with van der Waals surface area (Å²) in [6, 6.07) is 7.22. The molecule has 0 saturated heterocycles. The largest absolute Gasteiger partial charge is 0.411 e. The molecule has 2 aromatic rings. The number of hydrogen-bond acceptors (Lipinski definition) is 4. The maximum atomic E-state index is 12.1. The third-order valence-corrected chi connectivity index (χ3v) is 4.20. The molecular formula is C17H21F3N4OS. The fourth-order valence-corrected chi connectivity index (χ4v) is 2.89. The number of hydrogen-bond donors (Lipinski definition) is 2. The van der Waals surface area contributed by atoms with E-state index in [1.54, 1.807) is 36.6 Å². The Labute approximate surface area is 154 Å². The molecule has 0 spiro atoms. The number of nitrogens with one attached hydrogen (secondary N) is 2. The molecule has 9 heteroatoms. The summed E-state index contributed by atoms with van der Waals surface area (Å²) in [4.78, 5) is 9.57. The lowest BCUT2D eigenvalue weighted by Gasteiger charge is -2.12. The van der Waals surface area contributed by atoms with Gasteiger partial charge in [-0.25, -0.2) is 4.98 Å². The molecule has 0 radical (unpaired) electrons. The SMILES string of the molecule is CN=C(NCc1cccc(COCC(F)(F)F)c1)NCc1ncc(C)s1. The molecule has 1 aromatic heterocycles. The Morgan fingerprint density at radius 1 is 1.23 bits per heavy atom. The molecule has 26 heavy (non-hydrogen) atoms. The molecule has 0 aliphatic heterocycles. The second-order valence-electron chi connectivity index (χ2n) is 5.57. The van der Waals surface area contributed by atoms with Gasteiger partial charge < -0.3 is 15.4 Å². The first-order valence-electron chi connectivity index (χ1n) is 7.94.